The first kappa shape index (κ1) is 14.9. The summed E-state index contributed by atoms with van der Waals surface area (Å²) in [5, 5.41) is 11.4. The van der Waals surface area contributed by atoms with E-state index < -0.39 is 12.0 Å². The number of carbonyl (C=O) groups excluding carboxylic acids is 1. The van der Waals surface area contributed by atoms with Crippen molar-refractivity contribution in [2.45, 2.75) is 44.7 Å². The zero-order valence-electron chi connectivity index (χ0n) is 9.61. The van der Waals surface area contributed by atoms with Gasteiger partial charge in [-0.2, -0.15) is 0 Å². The largest absolute Gasteiger partial charge is 0.480 e. The van der Waals surface area contributed by atoms with E-state index in [1.807, 2.05) is 6.92 Å². The standard InChI is InChI=1S/C10H21N3O3/c1-2-3-9(14)13-7(4-5-11)6-8(12)10(15)16/h7-8H,2-6,11-12H2,1H3,(H,13,14)(H,15,16). The van der Waals surface area contributed by atoms with Gasteiger partial charge in [-0.1, -0.05) is 6.92 Å². The first-order chi connectivity index (χ1) is 7.51. The van der Waals surface area contributed by atoms with Crippen LogP contribution >= 0.6 is 0 Å². The van der Waals surface area contributed by atoms with E-state index in [1.165, 1.54) is 0 Å². The van der Waals surface area contributed by atoms with E-state index >= 15 is 0 Å². The zero-order valence-corrected chi connectivity index (χ0v) is 9.61. The SMILES string of the molecule is CCCC(=O)NC(CCN)CC(N)C(=O)O. The van der Waals surface area contributed by atoms with Gasteiger partial charge < -0.3 is 21.9 Å². The third kappa shape index (κ3) is 6.36. The molecule has 0 aliphatic heterocycles. The first-order valence-electron chi connectivity index (χ1n) is 5.49. The lowest BCUT2D eigenvalue weighted by Gasteiger charge is -2.19. The third-order valence-corrected chi connectivity index (χ3v) is 2.21. The molecular weight excluding hydrogens is 210 g/mol. The van der Waals surface area contributed by atoms with Crippen molar-refractivity contribution in [2.75, 3.05) is 6.54 Å². The molecule has 0 rings (SSSR count). The van der Waals surface area contributed by atoms with E-state index in [9.17, 15) is 9.59 Å². The smallest absolute Gasteiger partial charge is 0.320 e. The van der Waals surface area contributed by atoms with Crippen molar-refractivity contribution in [2.24, 2.45) is 11.5 Å². The average molecular weight is 231 g/mol. The predicted octanol–water partition coefficient (Wildman–Crippen LogP) is -0.578. The van der Waals surface area contributed by atoms with Gasteiger partial charge in [-0.25, -0.2) is 0 Å². The highest BCUT2D eigenvalue weighted by atomic mass is 16.4. The maximum atomic E-state index is 11.3. The van der Waals surface area contributed by atoms with Gasteiger partial charge in [0.25, 0.3) is 0 Å². The molecule has 2 atom stereocenters. The third-order valence-electron chi connectivity index (χ3n) is 2.21. The summed E-state index contributed by atoms with van der Waals surface area (Å²) in [5.74, 6) is -1.15. The molecule has 2 unspecified atom stereocenters. The molecule has 0 fully saturated rings. The summed E-state index contributed by atoms with van der Waals surface area (Å²) >= 11 is 0. The van der Waals surface area contributed by atoms with E-state index in [0.29, 0.717) is 19.4 Å². The van der Waals surface area contributed by atoms with E-state index in [0.717, 1.165) is 6.42 Å². The summed E-state index contributed by atoms with van der Waals surface area (Å²) in [6, 6.07) is -1.21. The molecule has 0 aliphatic rings. The van der Waals surface area contributed by atoms with Crippen LogP contribution in [0.4, 0.5) is 0 Å². The van der Waals surface area contributed by atoms with Gasteiger partial charge in [-0.15, -0.1) is 0 Å². The zero-order chi connectivity index (χ0) is 12.6. The number of rotatable bonds is 8. The Hall–Kier alpha value is -1.14. The molecule has 0 saturated carbocycles. The fourth-order valence-corrected chi connectivity index (χ4v) is 1.38. The number of nitrogens with one attached hydrogen (secondary N) is 1. The number of hydrogen-bond donors (Lipinski definition) is 4. The highest BCUT2D eigenvalue weighted by Gasteiger charge is 2.19. The van der Waals surface area contributed by atoms with Crippen molar-refractivity contribution >= 4 is 11.9 Å². The molecule has 0 spiro atoms. The number of carbonyl (C=O) groups is 2. The highest BCUT2D eigenvalue weighted by molar-refractivity contribution is 5.76. The van der Waals surface area contributed by atoms with Crippen LogP contribution in [0.5, 0.6) is 0 Å². The van der Waals surface area contributed by atoms with Gasteiger partial charge >= 0.3 is 5.97 Å². The summed E-state index contributed by atoms with van der Waals surface area (Å²) in [6.45, 7) is 2.30. The Bertz CT molecular complexity index is 233. The van der Waals surface area contributed by atoms with Crippen LogP contribution in [0.25, 0.3) is 0 Å². The van der Waals surface area contributed by atoms with Gasteiger partial charge in [0, 0.05) is 12.5 Å². The van der Waals surface area contributed by atoms with Crippen molar-refractivity contribution in [1.82, 2.24) is 5.32 Å². The molecule has 0 heterocycles. The molecule has 16 heavy (non-hydrogen) atoms. The topological polar surface area (TPSA) is 118 Å². The van der Waals surface area contributed by atoms with Crippen LogP contribution in [0.3, 0.4) is 0 Å². The lowest BCUT2D eigenvalue weighted by Crippen LogP contribution is -2.43. The quantitative estimate of drug-likeness (QED) is 0.446. The van der Waals surface area contributed by atoms with Crippen molar-refractivity contribution in [1.29, 1.82) is 0 Å². The van der Waals surface area contributed by atoms with Gasteiger partial charge in [-0.3, -0.25) is 9.59 Å². The summed E-state index contributed by atoms with van der Waals surface area (Å²) in [4.78, 5) is 21.9. The fraction of sp³-hybridized carbons (Fsp3) is 0.800. The van der Waals surface area contributed by atoms with E-state index in [2.05, 4.69) is 5.32 Å². The maximum Gasteiger partial charge on any atom is 0.320 e. The van der Waals surface area contributed by atoms with Crippen LogP contribution in [-0.4, -0.2) is 35.6 Å². The Kier molecular flexibility index (Phi) is 7.49. The number of hydrogen-bond acceptors (Lipinski definition) is 4. The van der Waals surface area contributed by atoms with Crippen molar-refractivity contribution < 1.29 is 14.7 Å². The van der Waals surface area contributed by atoms with Gasteiger partial charge in [-0.05, 0) is 25.8 Å². The van der Waals surface area contributed by atoms with Crippen LogP contribution in [0.2, 0.25) is 0 Å². The Morgan fingerprint density at radius 2 is 2.06 bits per heavy atom. The molecule has 0 aromatic rings. The second-order valence-corrected chi connectivity index (χ2v) is 3.77. The van der Waals surface area contributed by atoms with E-state index in [1.54, 1.807) is 0 Å². The molecular formula is C10H21N3O3. The fourth-order valence-electron chi connectivity index (χ4n) is 1.38. The molecule has 1 amide bonds. The molecule has 0 aromatic carbocycles. The Morgan fingerprint density at radius 3 is 2.50 bits per heavy atom. The molecule has 6 nitrogen and oxygen atoms in total. The lowest BCUT2D eigenvalue weighted by molar-refractivity contribution is -0.139. The Balaban J connectivity index is 4.15. The number of carboxylic acid groups (broad SMARTS) is 1. The van der Waals surface area contributed by atoms with Crippen LogP contribution < -0.4 is 16.8 Å². The van der Waals surface area contributed by atoms with Gasteiger partial charge in [0.2, 0.25) is 5.91 Å². The molecule has 94 valence electrons. The van der Waals surface area contributed by atoms with Crippen molar-refractivity contribution in [3.8, 4) is 0 Å². The summed E-state index contributed by atoms with van der Waals surface area (Å²) in [7, 11) is 0. The number of amides is 1. The number of nitrogens with two attached hydrogens (primary N) is 2. The maximum absolute atomic E-state index is 11.3. The highest BCUT2D eigenvalue weighted by Crippen LogP contribution is 2.02. The number of aliphatic carboxylic acids is 1. The minimum absolute atomic E-state index is 0.0847. The molecule has 0 bridgehead atoms. The Morgan fingerprint density at radius 1 is 1.44 bits per heavy atom. The van der Waals surface area contributed by atoms with Gasteiger partial charge in [0.1, 0.15) is 6.04 Å². The second-order valence-electron chi connectivity index (χ2n) is 3.77. The van der Waals surface area contributed by atoms with E-state index in [-0.39, 0.29) is 18.4 Å². The molecule has 6 heteroatoms. The molecule has 0 saturated heterocycles. The van der Waals surface area contributed by atoms with Gasteiger partial charge in [0.05, 0.1) is 0 Å². The summed E-state index contributed by atoms with van der Waals surface area (Å²) in [6.07, 6.45) is 1.94. The number of carboxylic acids is 1. The lowest BCUT2D eigenvalue weighted by atomic mass is 10.0. The minimum Gasteiger partial charge on any atom is -0.480 e. The van der Waals surface area contributed by atoms with Crippen LogP contribution in [0, 0.1) is 0 Å². The van der Waals surface area contributed by atoms with Crippen LogP contribution in [0.15, 0.2) is 0 Å². The normalized spacial score (nSPS) is 14.2. The Labute approximate surface area is 95.4 Å². The monoisotopic (exact) mass is 231 g/mol. The summed E-state index contributed by atoms with van der Waals surface area (Å²) in [5.41, 5.74) is 10.8. The van der Waals surface area contributed by atoms with Crippen molar-refractivity contribution in [3.05, 3.63) is 0 Å². The van der Waals surface area contributed by atoms with Crippen LogP contribution in [-0.2, 0) is 9.59 Å². The molecule has 6 N–H and O–H groups in total. The molecule has 0 aliphatic carbocycles. The summed E-state index contributed by atoms with van der Waals surface area (Å²) < 4.78 is 0. The molecule has 0 aromatic heterocycles. The second kappa shape index (κ2) is 8.06. The van der Waals surface area contributed by atoms with Crippen LogP contribution in [0.1, 0.15) is 32.6 Å². The van der Waals surface area contributed by atoms with Crippen molar-refractivity contribution in [3.63, 3.8) is 0 Å². The first-order valence-corrected chi connectivity index (χ1v) is 5.49. The molecule has 0 radical (unpaired) electrons. The average Bonchev–Trinajstić information content (AvgIpc) is 2.17. The van der Waals surface area contributed by atoms with E-state index in [4.69, 9.17) is 16.6 Å². The van der Waals surface area contributed by atoms with Gasteiger partial charge in [0.15, 0.2) is 0 Å². The predicted molar refractivity (Wildman–Crippen MR) is 60.7 cm³/mol. The minimum atomic E-state index is -1.06.